The van der Waals surface area contributed by atoms with E-state index >= 15 is 0 Å². The molecule has 26 heavy (non-hydrogen) atoms. The monoisotopic (exact) mass is 366 g/mol. The number of aryl methyl sites for hydroxylation is 2. The molecule has 130 valence electrons. The largest absolute Gasteiger partial charge is 0.347 e. The number of fused-ring (bicyclic) bond motifs is 1. The zero-order valence-electron chi connectivity index (χ0n) is 13.8. The van der Waals surface area contributed by atoms with Crippen molar-refractivity contribution in [1.29, 1.82) is 0 Å². The molecule has 0 aliphatic carbocycles. The van der Waals surface area contributed by atoms with Gasteiger partial charge in [0.1, 0.15) is 5.82 Å². The minimum Gasteiger partial charge on any atom is -0.347 e. The van der Waals surface area contributed by atoms with Gasteiger partial charge in [-0.05, 0) is 54.1 Å². The molecular weight excluding hydrogens is 351 g/mol. The van der Waals surface area contributed by atoms with Gasteiger partial charge in [-0.15, -0.1) is 0 Å². The number of aromatic nitrogens is 1. The number of carbonyl (C=O) groups excluding carboxylic acids is 2. The van der Waals surface area contributed by atoms with E-state index in [0.717, 1.165) is 34.6 Å². The molecule has 2 aromatic carbocycles. The lowest BCUT2D eigenvalue weighted by Gasteiger charge is -2.14. The van der Waals surface area contributed by atoms with Crippen LogP contribution in [0.2, 0.25) is 0 Å². The van der Waals surface area contributed by atoms with Gasteiger partial charge in [0, 0.05) is 18.1 Å². The van der Waals surface area contributed by atoms with Crippen LogP contribution in [-0.2, 0) is 17.8 Å². The number of imide groups is 1. The number of hydrogen-bond acceptors (Lipinski definition) is 3. The van der Waals surface area contributed by atoms with Gasteiger partial charge < -0.3 is 4.57 Å². The molecule has 4 nitrogen and oxygen atoms in total. The van der Waals surface area contributed by atoms with Gasteiger partial charge in [-0.3, -0.25) is 9.59 Å². The second-order valence-electron chi connectivity index (χ2n) is 6.03. The van der Waals surface area contributed by atoms with Crippen molar-refractivity contribution in [2.24, 2.45) is 0 Å². The van der Waals surface area contributed by atoms with Crippen LogP contribution in [0.25, 0.3) is 10.9 Å². The maximum absolute atomic E-state index is 13.0. The van der Waals surface area contributed by atoms with Crippen LogP contribution in [0.15, 0.2) is 66.2 Å². The van der Waals surface area contributed by atoms with Crippen molar-refractivity contribution in [3.63, 3.8) is 0 Å². The van der Waals surface area contributed by atoms with Crippen LogP contribution in [0, 0.1) is 5.82 Å². The first-order valence-corrected chi connectivity index (χ1v) is 8.94. The molecule has 0 saturated carbocycles. The normalized spacial score (nSPS) is 14.7. The van der Waals surface area contributed by atoms with Crippen LogP contribution in [0.5, 0.6) is 0 Å². The highest BCUT2D eigenvalue weighted by atomic mass is 32.2. The van der Waals surface area contributed by atoms with Crippen molar-refractivity contribution < 1.29 is 14.0 Å². The minimum absolute atomic E-state index is 0.239. The van der Waals surface area contributed by atoms with Crippen molar-refractivity contribution in [1.82, 2.24) is 4.57 Å². The molecule has 1 saturated heterocycles. The first-order chi connectivity index (χ1) is 12.5. The van der Waals surface area contributed by atoms with Gasteiger partial charge in [-0.1, -0.05) is 24.8 Å². The number of benzene rings is 2. The van der Waals surface area contributed by atoms with E-state index in [-0.39, 0.29) is 21.9 Å². The maximum atomic E-state index is 13.0. The number of nitrogens with zero attached hydrogens (tertiary/aromatic N) is 2. The van der Waals surface area contributed by atoms with E-state index in [9.17, 15) is 14.0 Å². The molecule has 1 aliphatic rings. The molecule has 1 fully saturated rings. The molecule has 4 rings (SSSR count). The van der Waals surface area contributed by atoms with Crippen LogP contribution in [0.1, 0.15) is 5.56 Å². The molecule has 0 spiro atoms. The minimum atomic E-state index is -0.369. The number of carbonyl (C=O) groups is 2. The summed E-state index contributed by atoms with van der Waals surface area (Å²) < 4.78 is 15.1. The van der Waals surface area contributed by atoms with E-state index in [1.807, 2.05) is 24.4 Å². The lowest BCUT2D eigenvalue weighted by molar-refractivity contribution is -0.113. The van der Waals surface area contributed by atoms with Crippen molar-refractivity contribution >= 4 is 39.5 Å². The Morgan fingerprint density at radius 1 is 1.04 bits per heavy atom. The van der Waals surface area contributed by atoms with Crippen molar-refractivity contribution in [3.8, 4) is 0 Å². The number of hydrogen-bond donors (Lipinski definition) is 0. The fraction of sp³-hybridized carbons (Fsp3) is 0.100. The fourth-order valence-corrected chi connectivity index (χ4v) is 3.77. The summed E-state index contributed by atoms with van der Waals surface area (Å²) in [5.74, 6) is -0.615. The number of halogens is 1. The summed E-state index contributed by atoms with van der Waals surface area (Å²) in [4.78, 5) is 25.8. The second kappa shape index (κ2) is 6.46. The van der Waals surface area contributed by atoms with E-state index in [1.54, 1.807) is 18.2 Å². The zero-order valence-corrected chi connectivity index (χ0v) is 14.6. The van der Waals surface area contributed by atoms with Crippen LogP contribution >= 0.6 is 11.8 Å². The molecule has 0 radical (unpaired) electrons. The fourth-order valence-electron chi connectivity index (χ4n) is 3.11. The first-order valence-electron chi connectivity index (χ1n) is 8.12. The standard InChI is InChI=1S/C20H15FN2O2S/c1-13-19(24)23(20(25)26-13)18-4-2-3-17-16(18)10-12-22(17)11-9-14-5-7-15(21)8-6-14/h2-8,10,12H,1,9,11H2. The van der Waals surface area contributed by atoms with Crippen LogP contribution < -0.4 is 4.90 Å². The SMILES string of the molecule is C=C1SC(=O)N(c2cccc3c2ccn3CCc2ccc(F)cc2)C1=O. The highest BCUT2D eigenvalue weighted by Gasteiger charge is 2.36. The van der Waals surface area contributed by atoms with Gasteiger partial charge in [0.15, 0.2) is 0 Å². The van der Waals surface area contributed by atoms with Gasteiger partial charge in [-0.25, -0.2) is 9.29 Å². The van der Waals surface area contributed by atoms with Gasteiger partial charge in [-0.2, -0.15) is 0 Å². The van der Waals surface area contributed by atoms with Gasteiger partial charge in [0.25, 0.3) is 11.1 Å². The summed E-state index contributed by atoms with van der Waals surface area (Å²) in [7, 11) is 0. The first kappa shape index (κ1) is 16.6. The third-order valence-electron chi connectivity index (χ3n) is 4.42. The summed E-state index contributed by atoms with van der Waals surface area (Å²) in [5.41, 5.74) is 2.55. The topological polar surface area (TPSA) is 42.3 Å². The van der Waals surface area contributed by atoms with Crippen molar-refractivity contribution in [2.75, 3.05) is 4.90 Å². The molecule has 0 atom stereocenters. The van der Waals surface area contributed by atoms with Gasteiger partial charge in [0.05, 0.1) is 16.1 Å². The Hall–Kier alpha value is -2.86. The Morgan fingerprint density at radius 2 is 1.81 bits per heavy atom. The predicted molar refractivity (Wildman–Crippen MR) is 102 cm³/mol. The van der Waals surface area contributed by atoms with E-state index in [1.165, 1.54) is 17.0 Å². The third kappa shape index (κ3) is 2.82. The Labute approximate surface area is 153 Å². The molecule has 6 heteroatoms. The van der Waals surface area contributed by atoms with Crippen molar-refractivity contribution in [3.05, 3.63) is 77.6 Å². The molecule has 0 N–H and O–H groups in total. The summed E-state index contributed by atoms with van der Waals surface area (Å²) in [6, 6.07) is 13.9. The van der Waals surface area contributed by atoms with Crippen LogP contribution in [0.4, 0.5) is 14.9 Å². The van der Waals surface area contributed by atoms with Gasteiger partial charge in [0.2, 0.25) is 0 Å². The smallest absolute Gasteiger partial charge is 0.298 e. The third-order valence-corrected chi connectivity index (χ3v) is 5.20. The van der Waals surface area contributed by atoms with Crippen LogP contribution in [0.3, 0.4) is 0 Å². The number of thioether (sulfide) groups is 1. The maximum Gasteiger partial charge on any atom is 0.298 e. The van der Waals surface area contributed by atoms with E-state index in [0.29, 0.717) is 12.2 Å². The number of anilines is 1. The lowest BCUT2D eigenvalue weighted by atomic mass is 10.1. The van der Waals surface area contributed by atoms with E-state index < -0.39 is 0 Å². The summed E-state index contributed by atoms with van der Waals surface area (Å²) in [5, 5.41) is 0.509. The second-order valence-corrected chi connectivity index (χ2v) is 7.07. The summed E-state index contributed by atoms with van der Waals surface area (Å²) >= 11 is 0.861. The predicted octanol–water partition coefficient (Wildman–Crippen LogP) is 4.74. The number of rotatable bonds is 4. The molecule has 0 unspecified atom stereocenters. The molecule has 1 aliphatic heterocycles. The van der Waals surface area contributed by atoms with Gasteiger partial charge >= 0.3 is 0 Å². The highest BCUT2D eigenvalue weighted by Crippen LogP contribution is 2.37. The Balaban J connectivity index is 1.65. The molecule has 2 heterocycles. The molecular formula is C20H15FN2O2S. The Morgan fingerprint density at radius 3 is 2.50 bits per heavy atom. The molecule has 1 aromatic heterocycles. The zero-order chi connectivity index (χ0) is 18.3. The Bertz CT molecular complexity index is 1040. The quantitative estimate of drug-likeness (QED) is 0.627. The van der Waals surface area contributed by atoms with Crippen LogP contribution in [-0.4, -0.2) is 15.7 Å². The summed E-state index contributed by atoms with van der Waals surface area (Å²) in [6.07, 6.45) is 2.69. The Kier molecular flexibility index (Phi) is 4.12. The molecule has 0 bridgehead atoms. The molecule has 3 aromatic rings. The van der Waals surface area contributed by atoms with Crippen molar-refractivity contribution in [2.45, 2.75) is 13.0 Å². The number of amides is 2. The van der Waals surface area contributed by atoms with E-state index in [4.69, 9.17) is 0 Å². The summed E-state index contributed by atoms with van der Waals surface area (Å²) in [6.45, 7) is 4.35. The lowest BCUT2D eigenvalue weighted by Crippen LogP contribution is -2.27. The average Bonchev–Trinajstić information content (AvgIpc) is 3.15. The highest BCUT2D eigenvalue weighted by molar-refractivity contribution is 8.18. The molecule has 2 amide bonds. The average molecular weight is 366 g/mol. The van der Waals surface area contributed by atoms with E-state index in [2.05, 4.69) is 11.1 Å².